The van der Waals surface area contributed by atoms with Crippen LogP contribution in [0.1, 0.15) is 31.9 Å². The highest BCUT2D eigenvalue weighted by Gasteiger charge is 2.29. The summed E-state index contributed by atoms with van der Waals surface area (Å²) in [5, 5.41) is 0. The van der Waals surface area contributed by atoms with Crippen LogP contribution in [-0.2, 0) is 15.6 Å². The molecule has 3 heteroatoms. The van der Waals surface area contributed by atoms with E-state index in [-0.39, 0.29) is 23.1 Å². The number of hydrogen-bond donors (Lipinski definition) is 0. The highest BCUT2D eigenvalue weighted by Crippen LogP contribution is 2.35. The van der Waals surface area contributed by atoms with Crippen molar-refractivity contribution in [3.05, 3.63) is 83.9 Å². The van der Waals surface area contributed by atoms with Crippen molar-refractivity contribution in [2.75, 3.05) is 13.4 Å². The fraction of sp³-hybridized carbons (Fsp3) is 0.308. The lowest BCUT2D eigenvalue weighted by atomic mass is 9.99. The Morgan fingerprint density at radius 3 is 1.66 bits per heavy atom. The lowest BCUT2D eigenvalue weighted by Gasteiger charge is -2.19. The molecule has 29 heavy (non-hydrogen) atoms. The van der Waals surface area contributed by atoms with E-state index in [1.165, 1.54) is 14.7 Å². The minimum atomic E-state index is -0.149. The number of benzene rings is 3. The van der Waals surface area contributed by atoms with Crippen LogP contribution in [0.5, 0.6) is 5.75 Å². The third-order valence-corrected chi connectivity index (χ3v) is 6.64. The van der Waals surface area contributed by atoms with E-state index in [0.717, 1.165) is 16.9 Å². The Hall–Kier alpha value is -2.23. The molecule has 2 nitrogen and oxygen atoms in total. The van der Waals surface area contributed by atoms with Gasteiger partial charge in [0.1, 0.15) is 5.75 Å². The van der Waals surface area contributed by atoms with Gasteiger partial charge in [0, 0.05) is 12.1 Å². The Kier molecular flexibility index (Phi) is 7.05. The fourth-order valence-corrected chi connectivity index (χ4v) is 5.49. The van der Waals surface area contributed by atoms with Gasteiger partial charge in [-0.2, -0.15) is 0 Å². The summed E-state index contributed by atoms with van der Waals surface area (Å²) in [5.74, 6) is 0.923. The molecule has 3 rings (SSSR count). The zero-order valence-electron chi connectivity index (χ0n) is 18.1. The maximum atomic E-state index is 5.99. The molecule has 0 atom stereocenters. The predicted octanol–water partition coefficient (Wildman–Crippen LogP) is 6.80. The van der Waals surface area contributed by atoms with Crippen molar-refractivity contribution in [2.45, 2.75) is 49.3 Å². The zero-order valence-corrected chi connectivity index (χ0v) is 18.9. The van der Waals surface area contributed by atoms with Gasteiger partial charge in [0.05, 0.1) is 17.5 Å². The van der Waals surface area contributed by atoms with E-state index in [4.69, 9.17) is 9.47 Å². The molecule has 0 bridgehead atoms. The van der Waals surface area contributed by atoms with E-state index in [2.05, 4.69) is 107 Å². The van der Waals surface area contributed by atoms with Gasteiger partial charge >= 0.3 is 0 Å². The van der Waals surface area contributed by atoms with Gasteiger partial charge in [0.2, 0.25) is 0 Å². The Morgan fingerprint density at radius 2 is 1.21 bits per heavy atom. The molecule has 0 aliphatic carbocycles. The minimum absolute atomic E-state index is 0.136. The highest BCUT2D eigenvalue weighted by atomic mass is 32.2. The highest BCUT2D eigenvalue weighted by molar-refractivity contribution is 7.97. The molecule has 3 aromatic rings. The van der Waals surface area contributed by atoms with Crippen LogP contribution in [0.25, 0.3) is 0 Å². The second kappa shape index (κ2) is 9.51. The van der Waals surface area contributed by atoms with Crippen LogP contribution in [0.2, 0.25) is 0 Å². The summed E-state index contributed by atoms with van der Waals surface area (Å²) in [7, 11) is -0.149. The van der Waals surface area contributed by atoms with Crippen molar-refractivity contribution in [1.29, 1.82) is 0 Å². The summed E-state index contributed by atoms with van der Waals surface area (Å²) in [6.07, 6.45) is 0. The number of hydrogen-bond acceptors (Lipinski definition) is 2. The second-order valence-corrected chi connectivity index (χ2v) is 10.5. The van der Waals surface area contributed by atoms with Gasteiger partial charge < -0.3 is 9.47 Å². The van der Waals surface area contributed by atoms with Gasteiger partial charge in [-0.25, -0.2) is 0 Å². The molecule has 3 aromatic carbocycles. The molecule has 0 spiro atoms. The fourth-order valence-electron chi connectivity index (χ4n) is 3.23. The Balaban J connectivity index is 1.88. The minimum Gasteiger partial charge on any atom is -0.467 e. The van der Waals surface area contributed by atoms with Gasteiger partial charge in [-0.05, 0) is 54.7 Å². The summed E-state index contributed by atoms with van der Waals surface area (Å²) in [6.45, 7) is 11.7. The molecule has 0 N–H and O–H groups in total. The van der Waals surface area contributed by atoms with Crippen molar-refractivity contribution in [1.82, 2.24) is 0 Å². The molecule has 0 saturated heterocycles. The standard InChI is InChI=1S/C26H31O2S/c1-20-16-24(17-21(2)25(20)28-19-27-18-26(3,4)5)29(22-12-8-6-9-13-22)23-14-10-7-11-15-23/h6-17H,18-19H2,1-5H3/q+1. The molecule has 152 valence electrons. The summed E-state index contributed by atoms with van der Waals surface area (Å²) in [6, 6.07) is 26.0. The summed E-state index contributed by atoms with van der Waals surface area (Å²) in [4.78, 5) is 3.94. The number of aryl methyl sites for hydroxylation is 2. The topological polar surface area (TPSA) is 18.5 Å². The molecule has 0 aliphatic heterocycles. The van der Waals surface area contributed by atoms with Gasteiger partial charge in [0.15, 0.2) is 21.5 Å². The molecule has 0 unspecified atom stereocenters. The molecule has 0 radical (unpaired) electrons. The van der Waals surface area contributed by atoms with E-state index in [1.807, 2.05) is 0 Å². The lowest BCUT2D eigenvalue weighted by molar-refractivity contribution is -0.0181. The molecule has 0 heterocycles. The Labute approximate surface area is 178 Å². The predicted molar refractivity (Wildman–Crippen MR) is 122 cm³/mol. The Morgan fingerprint density at radius 1 is 0.724 bits per heavy atom. The van der Waals surface area contributed by atoms with Crippen LogP contribution in [0.3, 0.4) is 0 Å². The van der Waals surface area contributed by atoms with Crippen molar-refractivity contribution >= 4 is 10.9 Å². The molecule has 0 aliphatic rings. The first kappa shape index (κ1) is 21.5. The van der Waals surface area contributed by atoms with Crippen molar-refractivity contribution in [3.8, 4) is 5.75 Å². The summed E-state index contributed by atoms with van der Waals surface area (Å²) < 4.78 is 11.7. The van der Waals surface area contributed by atoms with Gasteiger partial charge in [-0.3, -0.25) is 0 Å². The maximum Gasteiger partial charge on any atom is 0.189 e. The molecule has 0 amide bonds. The summed E-state index contributed by atoms with van der Waals surface area (Å²) in [5.41, 5.74) is 2.42. The van der Waals surface area contributed by atoms with Crippen LogP contribution < -0.4 is 4.74 Å². The van der Waals surface area contributed by atoms with Crippen LogP contribution in [0.15, 0.2) is 87.5 Å². The Bertz CT molecular complexity index is 852. The second-order valence-electron chi connectivity index (χ2n) is 8.49. The van der Waals surface area contributed by atoms with E-state index < -0.39 is 0 Å². The van der Waals surface area contributed by atoms with Gasteiger partial charge in [-0.1, -0.05) is 57.2 Å². The average molecular weight is 408 g/mol. The van der Waals surface area contributed by atoms with Crippen LogP contribution in [-0.4, -0.2) is 13.4 Å². The van der Waals surface area contributed by atoms with Crippen molar-refractivity contribution in [3.63, 3.8) is 0 Å². The van der Waals surface area contributed by atoms with Crippen molar-refractivity contribution < 1.29 is 9.47 Å². The third kappa shape index (κ3) is 5.88. The first-order chi connectivity index (χ1) is 13.8. The van der Waals surface area contributed by atoms with Crippen molar-refractivity contribution in [2.24, 2.45) is 5.41 Å². The van der Waals surface area contributed by atoms with E-state index in [0.29, 0.717) is 6.61 Å². The number of ether oxygens (including phenoxy) is 2. The third-order valence-electron chi connectivity index (χ3n) is 4.45. The van der Waals surface area contributed by atoms with E-state index in [9.17, 15) is 0 Å². The molecule has 0 fully saturated rings. The summed E-state index contributed by atoms with van der Waals surface area (Å²) >= 11 is 0. The molecular weight excluding hydrogens is 376 g/mol. The quantitative estimate of drug-likeness (QED) is 0.244. The van der Waals surface area contributed by atoms with Crippen LogP contribution in [0, 0.1) is 19.3 Å². The molecular formula is C26H31O2S+. The molecule has 0 saturated carbocycles. The maximum absolute atomic E-state index is 5.99. The normalized spacial score (nSPS) is 11.7. The molecule has 0 aromatic heterocycles. The van der Waals surface area contributed by atoms with E-state index in [1.54, 1.807) is 0 Å². The monoisotopic (exact) mass is 407 g/mol. The van der Waals surface area contributed by atoms with Gasteiger partial charge in [-0.15, -0.1) is 0 Å². The number of rotatable bonds is 7. The average Bonchev–Trinajstić information content (AvgIpc) is 2.68. The first-order valence-corrected chi connectivity index (χ1v) is 11.2. The largest absolute Gasteiger partial charge is 0.467 e. The SMILES string of the molecule is Cc1cc([S+](c2ccccc2)c2ccccc2)cc(C)c1OCOCC(C)(C)C. The lowest BCUT2D eigenvalue weighted by Crippen LogP contribution is -2.17. The zero-order chi connectivity index (χ0) is 20.9. The van der Waals surface area contributed by atoms with E-state index >= 15 is 0 Å². The van der Waals surface area contributed by atoms with Gasteiger partial charge in [0.25, 0.3) is 0 Å². The smallest absolute Gasteiger partial charge is 0.189 e. The van der Waals surface area contributed by atoms with Crippen LogP contribution >= 0.6 is 0 Å². The first-order valence-electron chi connectivity index (χ1n) is 10.0. The van der Waals surface area contributed by atoms with Crippen LogP contribution in [0.4, 0.5) is 0 Å².